The third-order valence-electron chi connectivity index (χ3n) is 2.14. The molecule has 0 aromatic rings. The molecule has 0 saturated carbocycles. The number of nitrogens with one attached hydrogen (secondary N) is 1. The van der Waals surface area contributed by atoms with Gasteiger partial charge < -0.3 is 15.0 Å². The Kier molecular flexibility index (Phi) is 11.2. The summed E-state index contributed by atoms with van der Waals surface area (Å²) in [6.07, 6.45) is 0. The summed E-state index contributed by atoms with van der Waals surface area (Å²) < 4.78 is 6.25. The third kappa shape index (κ3) is 12.7. The summed E-state index contributed by atoms with van der Waals surface area (Å²) in [5, 5.41) is 3.36. The molecule has 0 bridgehead atoms. The molecule has 1 atom stereocenters. The lowest BCUT2D eigenvalue weighted by atomic mass is 10.2. The molecule has 0 radical (unpaired) electrons. The van der Waals surface area contributed by atoms with Crippen LogP contribution in [0.2, 0.25) is 0 Å². The molecule has 0 amide bonds. The zero-order valence-corrected chi connectivity index (χ0v) is 13.3. The molecule has 0 heterocycles. The van der Waals surface area contributed by atoms with Gasteiger partial charge in [-0.15, -0.1) is 0 Å². The maximum Gasteiger partial charge on any atom is 0.0593 e. The number of alkyl halides is 1. The highest BCUT2D eigenvalue weighted by molar-refractivity contribution is 14.1. The van der Waals surface area contributed by atoms with Gasteiger partial charge in [-0.25, -0.2) is 0 Å². The molecule has 0 aliphatic carbocycles. The number of hydrogen-bond acceptors (Lipinski definition) is 3. The Morgan fingerprint density at radius 3 is 2.50 bits per heavy atom. The van der Waals surface area contributed by atoms with Gasteiger partial charge in [-0.3, -0.25) is 0 Å². The molecule has 0 spiro atoms. The number of halogens is 1. The van der Waals surface area contributed by atoms with E-state index in [1.807, 2.05) is 0 Å². The average molecular weight is 342 g/mol. The largest absolute Gasteiger partial charge is 0.379 e. The highest BCUT2D eigenvalue weighted by Gasteiger charge is 2.00. The maximum atomic E-state index is 5.56. The van der Waals surface area contributed by atoms with Gasteiger partial charge in [-0.1, -0.05) is 43.4 Å². The van der Waals surface area contributed by atoms with E-state index in [9.17, 15) is 0 Å². The average Bonchev–Trinajstić information content (AvgIpc) is 2.14. The molecule has 1 N–H and O–H groups in total. The van der Waals surface area contributed by atoms with Crippen molar-refractivity contribution in [3.05, 3.63) is 0 Å². The van der Waals surface area contributed by atoms with Gasteiger partial charge in [0.2, 0.25) is 0 Å². The molecule has 0 aliphatic heterocycles. The second kappa shape index (κ2) is 10.7. The van der Waals surface area contributed by atoms with Crippen molar-refractivity contribution in [3.63, 3.8) is 0 Å². The van der Waals surface area contributed by atoms with E-state index in [4.69, 9.17) is 4.74 Å². The van der Waals surface area contributed by atoms with E-state index in [0.717, 1.165) is 45.3 Å². The Bertz CT molecular complexity index is 154. The van der Waals surface area contributed by atoms with E-state index in [0.29, 0.717) is 3.92 Å². The Morgan fingerprint density at radius 1 is 1.25 bits per heavy atom. The third-order valence-corrected chi connectivity index (χ3v) is 2.58. The van der Waals surface area contributed by atoms with Crippen molar-refractivity contribution in [2.75, 3.05) is 46.4 Å². The summed E-state index contributed by atoms with van der Waals surface area (Å²) in [6, 6.07) is 0. The Labute approximate surface area is 114 Å². The first-order chi connectivity index (χ1) is 7.52. The van der Waals surface area contributed by atoms with Crippen LogP contribution in [0.1, 0.15) is 20.8 Å². The summed E-state index contributed by atoms with van der Waals surface area (Å²) in [4.78, 5) is 2.32. The lowest BCUT2D eigenvalue weighted by Crippen LogP contribution is -2.29. The Balaban J connectivity index is 3.14. The topological polar surface area (TPSA) is 24.5 Å². The molecule has 0 aliphatic rings. The lowest BCUT2D eigenvalue weighted by Gasteiger charge is -2.18. The van der Waals surface area contributed by atoms with E-state index >= 15 is 0 Å². The lowest BCUT2D eigenvalue weighted by molar-refractivity contribution is 0.110. The van der Waals surface area contributed by atoms with Gasteiger partial charge in [0.1, 0.15) is 0 Å². The minimum absolute atomic E-state index is 0.690. The quantitative estimate of drug-likeness (QED) is 0.373. The maximum absolute atomic E-state index is 5.56. The highest BCUT2D eigenvalue weighted by Crippen LogP contribution is 1.95. The van der Waals surface area contributed by atoms with Crippen LogP contribution in [0.5, 0.6) is 0 Å². The summed E-state index contributed by atoms with van der Waals surface area (Å²) in [5.74, 6) is 0.733. The SMILES string of the molecule is CC(C)CN(C)CCOCCNCC(C)I. The fraction of sp³-hybridized carbons (Fsp3) is 1.00. The first kappa shape index (κ1) is 16.6. The molecular formula is C12H27IN2O. The second-order valence-electron chi connectivity index (χ2n) is 4.75. The number of rotatable bonds is 10. The van der Waals surface area contributed by atoms with Gasteiger partial charge in [-0.05, 0) is 13.0 Å². The smallest absolute Gasteiger partial charge is 0.0593 e. The van der Waals surface area contributed by atoms with E-state index < -0.39 is 0 Å². The number of hydrogen-bond donors (Lipinski definition) is 1. The molecule has 0 aromatic heterocycles. The normalized spacial score (nSPS) is 13.7. The summed E-state index contributed by atoms with van der Waals surface area (Å²) in [5.41, 5.74) is 0. The summed E-state index contributed by atoms with van der Waals surface area (Å²) in [6.45, 7) is 12.5. The van der Waals surface area contributed by atoms with Crippen LogP contribution in [0, 0.1) is 5.92 Å². The van der Waals surface area contributed by atoms with Crippen LogP contribution in [-0.4, -0.2) is 55.3 Å². The van der Waals surface area contributed by atoms with Crippen LogP contribution in [0.25, 0.3) is 0 Å². The second-order valence-corrected chi connectivity index (χ2v) is 6.88. The standard InChI is InChI=1S/C12H27IN2O/c1-11(2)10-15(4)6-8-16-7-5-14-9-12(3)13/h11-12,14H,5-10H2,1-4H3. The van der Waals surface area contributed by atoms with E-state index in [1.165, 1.54) is 0 Å². The molecule has 0 saturated heterocycles. The molecule has 0 rings (SSSR count). The number of likely N-dealkylation sites (N-methyl/N-ethyl adjacent to an activating group) is 1. The van der Waals surface area contributed by atoms with Crippen molar-refractivity contribution in [1.82, 2.24) is 10.2 Å². The van der Waals surface area contributed by atoms with Crippen molar-refractivity contribution in [2.45, 2.75) is 24.7 Å². The predicted octanol–water partition coefficient (Wildman–Crippen LogP) is 2.00. The van der Waals surface area contributed by atoms with E-state index in [1.54, 1.807) is 0 Å². The van der Waals surface area contributed by atoms with E-state index in [-0.39, 0.29) is 0 Å². The summed E-state index contributed by atoms with van der Waals surface area (Å²) in [7, 11) is 2.15. The van der Waals surface area contributed by atoms with Crippen molar-refractivity contribution in [3.8, 4) is 0 Å². The van der Waals surface area contributed by atoms with Gasteiger partial charge in [0.25, 0.3) is 0 Å². The van der Waals surface area contributed by atoms with Crippen LogP contribution >= 0.6 is 22.6 Å². The number of ether oxygens (including phenoxy) is 1. The fourth-order valence-electron chi connectivity index (χ4n) is 1.48. The van der Waals surface area contributed by atoms with Crippen LogP contribution in [0.3, 0.4) is 0 Å². The molecule has 3 nitrogen and oxygen atoms in total. The monoisotopic (exact) mass is 342 g/mol. The van der Waals surface area contributed by atoms with Gasteiger partial charge >= 0.3 is 0 Å². The van der Waals surface area contributed by atoms with Crippen molar-refractivity contribution in [1.29, 1.82) is 0 Å². The van der Waals surface area contributed by atoms with Gasteiger partial charge in [0.05, 0.1) is 13.2 Å². The van der Waals surface area contributed by atoms with Crippen molar-refractivity contribution < 1.29 is 4.74 Å². The molecule has 0 fully saturated rings. The first-order valence-electron chi connectivity index (χ1n) is 6.13. The predicted molar refractivity (Wildman–Crippen MR) is 79.5 cm³/mol. The first-order valence-corrected chi connectivity index (χ1v) is 7.38. The van der Waals surface area contributed by atoms with Crippen LogP contribution in [-0.2, 0) is 4.74 Å². The zero-order chi connectivity index (χ0) is 12.4. The highest BCUT2D eigenvalue weighted by atomic mass is 127. The molecule has 4 heteroatoms. The van der Waals surface area contributed by atoms with E-state index in [2.05, 4.69) is 60.6 Å². The molecule has 1 unspecified atom stereocenters. The Hall–Kier alpha value is 0.610. The van der Waals surface area contributed by atoms with Crippen LogP contribution in [0.4, 0.5) is 0 Å². The van der Waals surface area contributed by atoms with Gasteiger partial charge in [0, 0.05) is 30.1 Å². The zero-order valence-electron chi connectivity index (χ0n) is 11.1. The molecule has 0 aromatic carbocycles. The van der Waals surface area contributed by atoms with Crippen molar-refractivity contribution in [2.24, 2.45) is 5.92 Å². The van der Waals surface area contributed by atoms with Crippen LogP contribution < -0.4 is 5.32 Å². The van der Waals surface area contributed by atoms with Crippen molar-refractivity contribution >= 4 is 22.6 Å². The van der Waals surface area contributed by atoms with Crippen LogP contribution in [0.15, 0.2) is 0 Å². The molecular weight excluding hydrogens is 315 g/mol. The van der Waals surface area contributed by atoms with Gasteiger partial charge in [-0.2, -0.15) is 0 Å². The Morgan fingerprint density at radius 2 is 1.94 bits per heavy atom. The molecule has 16 heavy (non-hydrogen) atoms. The fourth-order valence-corrected chi connectivity index (χ4v) is 1.79. The minimum atomic E-state index is 0.690. The number of nitrogens with zero attached hydrogens (tertiary/aromatic N) is 1. The minimum Gasteiger partial charge on any atom is -0.379 e. The summed E-state index contributed by atoms with van der Waals surface area (Å²) >= 11 is 2.42. The van der Waals surface area contributed by atoms with Gasteiger partial charge in [0.15, 0.2) is 0 Å². The molecule has 98 valence electrons.